The average molecular weight is 306 g/mol. The summed E-state index contributed by atoms with van der Waals surface area (Å²) in [5, 5.41) is 5.51. The number of aryl methyl sites for hydroxylation is 3. The van der Waals surface area contributed by atoms with Crippen LogP contribution in [0.4, 0.5) is 5.82 Å². The first kappa shape index (κ1) is 13.4. The van der Waals surface area contributed by atoms with E-state index in [1.54, 1.807) is 11.3 Å². The van der Waals surface area contributed by atoms with Gasteiger partial charge in [0.05, 0.1) is 16.8 Å². The van der Waals surface area contributed by atoms with Gasteiger partial charge in [0.25, 0.3) is 0 Å². The molecule has 0 aliphatic heterocycles. The van der Waals surface area contributed by atoms with Crippen LogP contribution in [0.3, 0.4) is 0 Å². The third kappa shape index (κ3) is 2.38. The molecule has 0 aromatic carbocycles. The largest absolute Gasteiger partial charge is 0.383 e. The predicted octanol–water partition coefficient (Wildman–Crippen LogP) is 3.48. The van der Waals surface area contributed by atoms with Gasteiger partial charge in [-0.15, -0.1) is 11.3 Å². The van der Waals surface area contributed by atoms with Crippen LogP contribution in [0, 0.1) is 20.8 Å². The van der Waals surface area contributed by atoms with Crippen molar-refractivity contribution in [1.82, 2.24) is 15.1 Å². The van der Waals surface area contributed by atoms with Gasteiger partial charge >= 0.3 is 0 Å². The predicted molar refractivity (Wildman–Crippen MR) is 82.1 cm³/mol. The lowest BCUT2D eigenvalue weighted by Gasteiger charge is -2.01. The topological polar surface area (TPSA) is 77.8 Å². The maximum atomic E-state index is 6.05. The number of rotatable bonds is 3. The molecule has 0 aliphatic carbocycles. The Balaban J connectivity index is 1.89. The molecular weight excluding hydrogens is 292 g/mol. The van der Waals surface area contributed by atoms with Crippen LogP contribution in [0.25, 0.3) is 10.2 Å². The number of fused-ring (bicyclic) bond motifs is 1. The molecule has 0 saturated carbocycles. The van der Waals surface area contributed by atoms with Crippen LogP contribution >= 0.6 is 23.1 Å². The molecular formula is C13H14N4OS2. The monoisotopic (exact) mass is 306 g/mol. The number of nitrogens with two attached hydrogens (primary N) is 1. The highest BCUT2D eigenvalue weighted by Gasteiger charge is 2.13. The van der Waals surface area contributed by atoms with E-state index in [4.69, 9.17) is 10.3 Å². The van der Waals surface area contributed by atoms with Crippen molar-refractivity contribution in [3.05, 3.63) is 28.0 Å². The second-order valence-electron chi connectivity index (χ2n) is 4.58. The summed E-state index contributed by atoms with van der Waals surface area (Å²) in [7, 11) is 0. The summed E-state index contributed by atoms with van der Waals surface area (Å²) >= 11 is 3.15. The van der Waals surface area contributed by atoms with E-state index in [0.29, 0.717) is 16.7 Å². The number of thioether (sulfide) groups is 1. The minimum Gasteiger partial charge on any atom is -0.383 e. The molecule has 0 unspecified atom stereocenters. The van der Waals surface area contributed by atoms with Gasteiger partial charge in [-0.3, -0.25) is 0 Å². The van der Waals surface area contributed by atoms with Crippen molar-refractivity contribution in [3.63, 3.8) is 0 Å². The molecule has 0 spiro atoms. The summed E-state index contributed by atoms with van der Waals surface area (Å²) in [4.78, 5) is 11.1. The standard InChI is InChI=1S/C13H14N4OS2/c1-6-4-9(18-17-6)5-19-13-15-11(14)10-7(2)8(3)20-12(10)16-13/h4H,5H2,1-3H3,(H2,14,15,16). The van der Waals surface area contributed by atoms with Crippen LogP contribution in [-0.4, -0.2) is 15.1 Å². The first-order valence-corrected chi connectivity index (χ1v) is 7.93. The van der Waals surface area contributed by atoms with Crippen LogP contribution < -0.4 is 5.73 Å². The summed E-state index contributed by atoms with van der Waals surface area (Å²) in [5.74, 6) is 2.01. The molecule has 7 heteroatoms. The van der Waals surface area contributed by atoms with Gasteiger partial charge < -0.3 is 10.3 Å². The van der Waals surface area contributed by atoms with Crippen molar-refractivity contribution in [2.75, 3.05) is 5.73 Å². The molecule has 104 valence electrons. The molecule has 20 heavy (non-hydrogen) atoms. The summed E-state index contributed by atoms with van der Waals surface area (Å²) in [6.07, 6.45) is 0. The fraction of sp³-hybridized carbons (Fsp3) is 0.308. The van der Waals surface area contributed by atoms with Crippen LogP contribution in [0.5, 0.6) is 0 Å². The number of nitrogens with zero attached hydrogens (tertiary/aromatic N) is 3. The van der Waals surface area contributed by atoms with Crippen LogP contribution in [0.15, 0.2) is 15.7 Å². The highest BCUT2D eigenvalue weighted by atomic mass is 32.2. The zero-order chi connectivity index (χ0) is 14.3. The third-order valence-corrected chi connectivity index (χ3v) is 5.03. The second-order valence-corrected chi connectivity index (χ2v) is 6.72. The van der Waals surface area contributed by atoms with Crippen molar-refractivity contribution in [2.45, 2.75) is 31.7 Å². The third-order valence-electron chi connectivity index (χ3n) is 3.06. The normalized spacial score (nSPS) is 11.3. The number of nitrogen functional groups attached to an aromatic ring is 1. The lowest BCUT2D eigenvalue weighted by molar-refractivity contribution is 0.391. The van der Waals surface area contributed by atoms with Gasteiger partial charge in [0.1, 0.15) is 16.4 Å². The van der Waals surface area contributed by atoms with Crippen molar-refractivity contribution in [3.8, 4) is 0 Å². The molecule has 3 heterocycles. The summed E-state index contributed by atoms with van der Waals surface area (Å²) in [6.45, 7) is 6.03. The van der Waals surface area contributed by atoms with Gasteiger partial charge in [0.2, 0.25) is 0 Å². The van der Waals surface area contributed by atoms with Gasteiger partial charge in [-0.05, 0) is 26.3 Å². The lowest BCUT2D eigenvalue weighted by atomic mass is 10.2. The van der Waals surface area contributed by atoms with Crippen molar-refractivity contribution in [1.29, 1.82) is 0 Å². The molecule has 3 rings (SSSR count). The molecule has 3 aromatic rings. The molecule has 0 amide bonds. The Morgan fingerprint density at radius 2 is 2.10 bits per heavy atom. The van der Waals surface area contributed by atoms with Gasteiger partial charge in [0.15, 0.2) is 5.16 Å². The van der Waals surface area contributed by atoms with E-state index >= 15 is 0 Å². The number of thiophene rings is 1. The van der Waals surface area contributed by atoms with E-state index in [1.165, 1.54) is 22.2 Å². The summed E-state index contributed by atoms with van der Waals surface area (Å²) in [6, 6.07) is 1.91. The number of hydrogen-bond donors (Lipinski definition) is 1. The first-order valence-electron chi connectivity index (χ1n) is 6.13. The molecule has 3 aromatic heterocycles. The van der Waals surface area contributed by atoms with Crippen molar-refractivity contribution in [2.24, 2.45) is 0 Å². The van der Waals surface area contributed by atoms with E-state index in [-0.39, 0.29) is 0 Å². The minimum atomic E-state index is 0.549. The van der Waals surface area contributed by atoms with Gasteiger partial charge in [-0.25, -0.2) is 9.97 Å². The van der Waals surface area contributed by atoms with Gasteiger partial charge in [0, 0.05) is 10.9 Å². The fourth-order valence-electron chi connectivity index (χ4n) is 1.94. The molecule has 5 nitrogen and oxygen atoms in total. The highest BCUT2D eigenvalue weighted by Crippen LogP contribution is 2.33. The Bertz CT molecular complexity index is 778. The van der Waals surface area contributed by atoms with E-state index in [2.05, 4.69) is 29.0 Å². The number of anilines is 1. The Morgan fingerprint density at radius 1 is 1.30 bits per heavy atom. The second kappa shape index (κ2) is 5.06. The van der Waals surface area contributed by atoms with Crippen molar-refractivity contribution >= 4 is 39.1 Å². The van der Waals surface area contributed by atoms with E-state index in [9.17, 15) is 0 Å². The molecule has 0 radical (unpaired) electrons. The average Bonchev–Trinajstić information content (AvgIpc) is 2.92. The Kier molecular flexibility index (Phi) is 3.39. The SMILES string of the molecule is Cc1cc(CSc2nc(N)c3c(C)c(C)sc3n2)on1. The van der Waals surface area contributed by atoms with Crippen LogP contribution in [-0.2, 0) is 5.75 Å². The van der Waals surface area contributed by atoms with Crippen LogP contribution in [0.1, 0.15) is 21.9 Å². The van der Waals surface area contributed by atoms with Crippen LogP contribution in [0.2, 0.25) is 0 Å². The van der Waals surface area contributed by atoms with E-state index < -0.39 is 0 Å². The van der Waals surface area contributed by atoms with E-state index in [0.717, 1.165) is 21.7 Å². The lowest BCUT2D eigenvalue weighted by Crippen LogP contribution is -1.96. The molecule has 0 atom stereocenters. The number of aromatic nitrogens is 3. The Labute approximate surface area is 124 Å². The summed E-state index contributed by atoms with van der Waals surface area (Å²) in [5.41, 5.74) is 8.10. The molecule has 0 aliphatic rings. The minimum absolute atomic E-state index is 0.549. The zero-order valence-corrected chi connectivity index (χ0v) is 13.1. The van der Waals surface area contributed by atoms with Gasteiger partial charge in [-0.1, -0.05) is 16.9 Å². The van der Waals surface area contributed by atoms with Gasteiger partial charge in [-0.2, -0.15) is 0 Å². The zero-order valence-electron chi connectivity index (χ0n) is 11.4. The molecule has 0 saturated heterocycles. The molecule has 0 fully saturated rings. The smallest absolute Gasteiger partial charge is 0.191 e. The molecule has 0 bridgehead atoms. The highest BCUT2D eigenvalue weighted by molar-refractivity contribution is 7.98. The maximum absolute atomic E-state index is 6.05. The quantitative estimate of drug-likeness (QED) is 0.589. The first-order chi connectivity index (χ1) is 9.54. The molecule has 2 N–H and O–H groups in total. The fourth-order valence-corrected chi connectivity index (χ4v) is 3.77. The maximum Gasteiger partial charge on any atom is 0.191 e. The Morgan fingerprint density at radius 3 is 2.80 bits per heavy atom. The summed E-state index contributed by atoms with van der Waals surface area (Å²) < 4.78 is 5.17. The number of hydrogen-bond acceptors (Lipinski definition) is 7. The van der Waals surface area contributed by atoms with E-state index in [1.807, 2.05) is 13.0 Å². The Hall–Kier alpha value is -1.60. The van der Waals surface area contributed by atoms with Crippen molar-refractivity contribution < 1.29 is 4.52 Å².